The van der Waals surface area contributed by atoms with Gasteiger partial charge in [0.25, 0.3) is 0 Å². The summed E-state index contributed by atoms with van der Waals surface area (Å²) in [6.07, 6.45) is 15.8. The number of benzene rings is 1. The maximum Gasteiger partial charge on any atom is -0.0162 e. The van der Waals surface area contributed by atoms with Gasteiger partial charge in [-0.1, -0.05) is 70.2 Å². The molecule has 2 aliphatic carbocycles. The summed E-state index contributed by atoms with van der Waals surface area (Å²) in [5.41, 5.74) is 4.22. The Balaban J connectivity index is 0.00000109. The zero-order valence-corrected chi connectivity index (χ0v) is 18.2. The Morgan fingerprint density at radius 3 is 2.04 bits per heavy atom. The summed E-state index contributed by atoms with van der Waals surface area (Å²) in [5.74, 6) is 1.85. The van der Waals surface area contributed by atoms with E-state index in [1.54, 1.807) is 11.1 Å². The van der Waals surface area contributed by atoms with Gasteiger partial charge in [-0.2, -0.15) is 0 Å². The fourth-order valence-corrected chi connectivity index (χ4v) is 6.79. The molecule has 0 amide bonds. The Kier molecular flexibility index (Phi) is 9.54. The second kappa shape index (κ2) is 11.4. The lowest BCUT2D eigenvalue weighted by Gasteiger charge is -2.34. The fourth-order valence-electron chi connectivity index (χ4n) is 4.95. The zero-order valence-electron chi connectivity index (χ0n) is 17.3. The van der Waals surface area contributed by atoms with Gasteiger partial charge in [0.1, 0.15) is 0 Å². The molecule has 1 aromatic rings. The molecule has 0 bridgehead atoms. The number of hydrogen-bond donors (Lipinski definition) is 0. The molecule has 2 aliphatic rings. The van der Waals surface area contributed by atoms with E-state index in [1.807, 2.05) is 13.8 Å². The van der Waals surface area contributed by atoms with Crippen LogP contribution in [-0.2, 0) is 6.42 Å². The SMILES string of the molecule is CC.CP(C)C1CCCC[C@@H]1CCc1ccc(C2CCCCC2)cc1. The van der Waals surface area contributed by atoms with Crippen LogP contribution in [0.15, 0.2) is 24.3 Å². The smallest absolute Gasteiger partial charge is 0.0162 e. The Bertz CT molecular complexity index is 455. The molecule has 25 heavy (non-hydrogen) atoms. The average molecular weight is 361 g/mol. The summed E-state index contributed by atoms with van der Waals surface area (Å²) >= 11 is 0. The highest BCUT2D eigenvalue weighted by molar-refractivity contribution is 7.56. The molecule has 0 spiro atoms. The molecule has 2 atom stereocenters. The molecule has 3 rings (SSSR count). The fraction of sp³-hybridized carbons (Fsp3) is 0.750. The normalized spacial score (nSPS) is 24.7. The second-order valence-corrected chi connectivity index (χ2v) is 10.8. The van der Waals surface area contributed by atoms with Crippen LogP contribution in [0.1, 0.15) is 95.1 Å². The molecule has 142 valence electrons. The Labute approximate surface area is 158 Å². The highest BCUT2D eigenvalue weighted by atomic mass is 31.1. The van der Waals surface area contributed by atoms with Crippen molar-refractivity contribution < 1.29 is 0 Å². The molecule has 0 aromatic heterocycles. The molecule has 0 N–H and O–H groups in total. The van der Waals surface area contributed by atoms with Crippen LogP contribution in [0, 0.1) is 5.92 Å². The van der Waals surface area contributed by atoms with Crippen molar-refractivity contribution in [2.24, 2.45) is 5.92 Å². The summed E-state index contributed by atoms with van der Waals surface area (Å²) < 4.78 is 0. The molecule has 2 fully saturated rings. The van der Waals surface area contributed by atoms with Gasteiger partial charge in [-0.3, -0.25) is 0 Å². The number of rotatable bonds is 5. The maximum absolute atomic E-state index is 2.50. The molecule has 1 unspecified atom stereocenters. The molecule has 0 radical (unpaired) electrons. The minimum atomic E-state index is 0.248. The predicted molar refractivity (Wildman–Crippen MR) is 116 cm³/mol. The van der Waals surface area contributed by atoms with Crippen LogP contribution in [0.25, 0.3) is 0 Å². The zero-order chi connectivity index (χ0) is 18.1. The Morgan fingerprint density at radius 2 is 1.40 bits per heavy atom. The van der Waals surface area contributed by atoms with E-state index < -0.39 is 0 Å². The van der Waals surface area contributed by atoms with E-state index in [4.69, 9.17) is 0 Å². The van der Waals surface area contributed by atoms with Crippen molar-refractivity contribution in [3.05, 3.63) is 35.4 Å². The van der Waals surface area contributed by atoms with Crippen molar-refractivity contribution in [3.63, 3.8) is 0 Å². The van der Waals surface area contributed by atoms with Crippen LogP contribution >= 0.6 is 7.92 Å². The third-order valence-electron chi connectivity index (χ3n) is 6.39. The highest BCUT2D eigenvalue weighted by Gasteiger charge is 2.26. The Hall–Kier alpha value is -0.350. The minimum absolute atomic E-state index is 0.248. The van der Waals surface area contributed by atoms with Crippen molar-refractivity contribution >= 4 is 7.92 Å². The first-order valence-electron chi connectivity index (χ1n) is 11.0. The second-order valence-electron chi connectivity index (χ2n) is 8.19. The molecular weight excluding hydrogens is 319 g/mol. The Morgan fingerprint density at radius 1 is 0.800 bits per heavy atom. The van der Waals surface area contributed by atoms with Gasteiger partial charge in [-0.25, -0.2) is 0 Å². The first kappa shape index (κ1) is 21.0. The monoisotopic (exact) mass is 360 g/mol. The summed E-state index contributed by atoms with van der Waals surface area (Å²) in [7, 11) is 0.248. The van der Waals surface area contributed by atoms with E-state index in [9.17, 15) is 0 Å². The van der Waals surface area contributed by atoms with Crippen LogP contribution in [-0.4, -0.2) is 19.0 Å². The molecule has 0 aliphatic heterocycles. The van der Waals surface area contributed by atoms with Crippen molar-refractivity contribution in [1.29, 1.82) is 0 Å². The minimum Gasteiger partial charge on any atom is -0.110 e. The third-order valence-corrected chi connectivity index (χ3v) is 8.40. The standard InChI is InChI=1S/C22H35P.C2H6/c1-23(2)22-11-7-6-10-21(22)17-14-18-12-15-20(16-13-18)19-8-4-3-5-9-19;1-2/h12-13,15-16,19,21-22H,3-11,14,17H2,1-2H3;1-2H3/t21-,22?;/m1./s1. The van der Waals surface area contributed by atoms with Gasteiger partial charge in [0.15, 0.2) is 0 Å². The van der Waals surface area contributed by atoms with Crippen molar-refractivity contribution in [3.8, 4) is 0 Å². The van der Waals surface area contributed by atoms with E-state index in [0.717, 1.165) is 17.5 Å². The van der Waals surface area contributed by atoms with Gasteiger partial charge in [-0.05, 0) is 80.5 Å². The molecular formula is C24H41P. The van der Waals surface area contributed by atoms with Crippen LogP contribution < -0.4 is 0 Å². The molecule has 0 saturated heterocycles. The lowest BCUT2D eigenvalue weighted by atomic mass is 9.83. The van der Waals surface area contributed by atoms with Gasteiger partial charge >= 0.3 is 0 Å². The lowest BCUT2D eigenvalue weighted by Crippen LogP contribution is -2.23. The van der Waals surface area contributed by atoms with E-state index in [0.29, 0.717) is 0 Å². The maximum atomic E-state index is 2.50. The molecule has 0 nitrogen and oxygen atoms in total. The van der Waals surface area contributed by atoms with E-state index in [2.05, 4.69) is 37.6 Å². The largest absolute Gasteiger partial charge is 0.110 e. The van der Waals surface area contributed by atoms with Crippen molar-refractivity contribution in [2.75, 3.05) is 13.3 Å². The molecule has 1 heteroatoms. The van der Waals surface area contributed by atoms with Crippen molar-refractivity contribution in [2.45, 2.75) is 96.1 Å². The van der Waals surface area contributed by atoms with E-state index in [1.165, 1.54) is 70.6 Å². The van der Waals surface area contributed by atoms with Gasteiger partial charge in [-0.15, -0.1) is 7.92 Å². The third kappa shape index (κ3) is 6.39. The number of hydrogen-bond acceptors (Lipinski definition) is 0. The van der Waals surface area contributed by atoms with Gasteiger partial charge < -0.3 is 0 Å². The topological polar surface area (TPSA) is 0 Å². The first-order valence-corrected chi connectivity index (χ1v) is 13.3. The molecule has 0 heterocycles. The summed E-state index contributed by atoms with van der Waals surface area (Å²) in [6, 6.07) is 9.75. The molecule has 1 aromatic carbocycles. The van der Waals surface area contributed by atoms with Crippen LogP contribution in [0.5, 0.6) is 0 Å². The summed E-state index contributed by atoms with van der Waals surface area (Å²) in [5, 5.41) is 0. The van der Waals surface area contributed by atoms with Gasteiger partial charge in [0.2, 0.25) is 0 Å². The van der Waals surface area contributed by atoms with Crippen LogP contribution in [0.3, 0.4) is 0 Å². The van der Waals surface area contributed by atoms with Crippen molar-refractivity contribution in [1.82, 2.24) is 0 Å². The van der Waals surface area contributed by atoms with E-state index >= 15 is 0 Å². The van der Waals surface area contributed by atoms with E-state index in [-0.39, 0.29) is 7.92 Å². The van der Waals surface area contributed by atoms with Gasteiger partial charge in [0, 0.05) is 0 Å². The quantitative estimate of drug-likeness (QED) is 0.467. The van der Waals surface area contributed by atoms with Gasteiger partial charge in [0.05, 0.1) is 0 Å². The lowest BCUT2D eigenvalue weighted by molar-refractivity contribution is 0.347. The highest BCUT2D eigenvalue weighted by Crippen LogP contribution is 2.46. The van der Waals surface area contributed by atoms with Crippen LogP contribution in [0.4, 0.5) is 0 Å². The van der Waals surface area contributed by atoms with Crippen LogP contribution in [0.2, 0.25) is 0 Å². The molecule has 2 saturated carbocycles. The summed E-state index contributed by atoms with van der Waals surface area (Å²) in [6.45, 7) is 8.99. The predicted octanol–water partition coefficient (Wildman–Crippen LogP) is 7.99. The summed E-state index contributed by atoms with van der Waals surface area (Å²) in [4.78, 5) is 0. The first-order chi connectivity index (χ1) is 12.2. The average Bonchev–Trinajstić information content (AvgIpc) is 2.69. The number of aryl methyl sites for hydroxylation is 1.